The Kier molecular flexibility index (Phi) is 4.06. The normalized spacial score (nSPS) is 14.3. The van der Waals surface area contributed by atoms with Gasteiger partial charge >= 0.3 is 8.48 Å². The molecule has 0 atom stereocenters. The van der Waals surface area contributed by atoms with Crippen molar-refractivity contribution in [1.82, 2.24) is 9.55 Å². The lowest BCUT2D eigenvalue weighted by molar-refractivity contribution is 0.0990. The van der Waals surface area contributed by atoms with Gasteiger partial charge in [0.25, 0.3) is 5.91 Å². The molecule has 0 spiro atoms. The number of imidazole rings is 1. The Morgan fingerprint density at radius 3 is 2.03 bits per heavy atom. The van der Waals surface area contributed by atoms with Crippen molar-refractivity contribution >= 4 is 30.4 Å². The first-order valence-electron chi connectivity index (χ1n) is 9.43. The minimum Gasteiger partial charge on any atom is -0.516 e. The summed E-state index contributed by atoms with van der Waals surface area (Å²) in [7, 11) is -1.30. The lowest BCUT2D eigenvalue weighted by atomic mass is 10.3. The van der Waals surface area contributed by atoms with Gasteiger partial charge in [0.2, 0.25) is 0 Å². The second-order valence-electron chi connectivity index (χ2n) is 6.95. The highest BCUT2D eigenvalue weighted by Crippen LogP contribution is 2.40. The Morgan fingerprint density at radius 1 is 0.862 bits per heavy atom. The fraction of sp³-hybridized carbons (Fsp3) is 0.0435. The Hall–Kier alpha value is -3.64. The Balaban J connectivity index is 1.81. The molecule has 0 saturated carbocycles. The van der Waals surface area contributed by atoms with E-state index in [-0.39, 0.29) is 5.91 Å². The molecule has 3 aromatic carbocycles. The van der Waals surface area contributed by atoms with E-state index in [1.54, 1.807) is 17.0 Å². The van der Waals surface area contributed by atoms with Crippen LogP contribution < -0.4 is 19.4 Å². The standard InChI is InChI=1S/C23H19N3O2Si/c1-25-17-16-24-22(25)23(27)26-20-14-8-9-15-21(20)28-29(26,18-10-4-2-5-11-18)19-12-6-3-7-13-19/h2-17H,1H3. The van der Waals surface area contributed by atoms with Crippen LogP contribution in [0.1, 0.15) is 10.6 Å². The third-order valence-corrected chi connectivity index (χ3v) is 9.05. The number of fused-ring (bicyclic) bond motifs is 1. The van der Waals surface area contributed by atoms with Crippen LogP contribution in [0.4, 0.5) is 5.69 Å². The predicted molar refractivity (Wildman–Crippen MR) is 115 cm³/mol. The molecule has 0 bridgehead atoms. The minimum atomic E-state index is -3.13. The van der Waals surface area contributed by atoms with Crippen LogP contribution in [0.3, 0.4) is 0 Å². The maximum absolute atomic E-state index is 13.9. The van der Waals surface area contributed by atoms with E-state index in [2.05, 4.69) is 4.98 Å². The van der Waals surface area contributed by atoms with E-state index in [1.807, 2.05) is 96.5 Å². The Bertz CT molecular complexity index is 1140. The predicted octanol–water partition coefficient (Wildman–Crippen LogP) is 2.72. The van der Waals surface area contributed by atoms with Gasteiger partial charge in [0.05, 0.1) is 5.69 Å². The largest absolute Gasteiger partial charge is 0.516 e. The van der Waals surface area contributed by atoms with E-state index in [0.29, 0.717) is 5.82 Å². The maximum atomic E-state index is 13.9. The number of benzene rings is 3. The number of hydrogen-bond donors (Lipinski definition) is 0. The molecule has 1 aliphatic heterocycles. The summed E-state index contributed by atoms with van der Waals surface area (Å²) in [5, 5.41) is 2.01. The lowest BCUT2D eigenvalue weighted by Gasteiger charge is -2.34. The van der Waals surface area contributed by atoms with E-state index in [1.165, 1.54) is 0 Å². The SMILES string of the molecule is Cn1ccnc1C(=O)N1c2ccccc2O[Si]1(c1ccccc1)c1ccccc1. The van der Waals surface area contributed by atoms with Crippen molar-refractivity contribution in [1.29, 1.82) is 0 Å². The summed E-state index contributed by atoms with van der Waals surface area (Å²) in [6, 6.07) is 27.8. The molecule has 2 heterocycles. The van der Waals surface area contributed by atoms with Crippen LogP contribution in [0.25, 0.3) is 0 Å². The average molecular weight is 398 g/mol. The van der Waals surface area contributed by atoms with Gasteiger partial charge in [-0.15, -0.1) is 0 Å². The first kappa shape index (κ1) is 17.5. The van der Waals surface area contributed by atoms with Crippen LogP contribution in [0, 0.1) is 0 Å². The van der Waals surface area contributed by atoms with Crippen molar-refractivity contribution in [2.45, 2.75) is 0 Å². The molecule has 1 amide bonds. The van der Waals surface area contributed by atoms with E-state index in [4.69, 9.17) is 4.43 Å². The van der Waals surface area contributed by atoms with Gasteiger partial charge in [-0.1, -0.05) is 72.8 Å². The van der Waals surface area contributed by atoms with Gasteiger partial charge in [-0.05, 0) is 12.1 Å². The van der Waals surface area contributed by atoms with Crippen LogP contribution in [0.5, 0.6) is 5.75 Å². The van der Waals surface area contributed by atoms with Crippen LogP contribution in [-0.4, -0.2) is 23.9 Å². The molecule has 1 aliphatic rings. The van der Waals surface area contributed by atoms with Crippen molar-refractivity contribution in [3.8, 4) is 5.75 Å². The van der Waals surface area contributed by atoms with Gasteiger partial charge in [-0.25, -0.2) is 4.98 Å². The third kappa shape index (κ3) is 2.61. The smallest absolute Gasteiger partial charge is 0.436 e. The van der Waals surface area contributed by atoms with Crippen molar-refractivity contribution in [2.75, 3.05) is 4.57 Å². The monoisotopic (exact) mass is 397 g/mol. The van der Waals surface area contributed by atoms with Crippen LogP contribution in [-0.2, 0) is 7.05 Å². The molecular formula is C23H19N3O2Si. The van der Waals surface area contributed by atoms with Gasteiger partial charge in [-0.2, -0.15) is 0 Å². The number of para-hydroxylation sites is 2. The molecule has 29 heavy (non-hydrogen) atoms. The number of aromatic nitrogens is 2. The molecular weight excluding hydrogens is 378 g/mol. The molecule has 5 rings (SSSR count). The summed E-state index contributed by atoms with van der Waals surface area (Å²) >= 11 is 0. The summed E-state index contributed by atoms with van der Waals surface area (Å²) in [6.07, 6.45) is 3.43. The topological polar surface area (TPSA) is 47.4 Å². The van der Waals surface area contributed by atoms with Crippen molar-refractivity contribution in [3.05, 3.63) is 103 Å². The van der Waals surface area contributed by atoms with E-state index in [0.717, 1.165) is 21.8 Å². The highest BCUT2D eigenvalue weighted by Gasteiger charge is 2.57. The number of hydrogen-bond acceptors (Lipinski definition) is 3. The van der Waals surface area contributed by atoms with Gasteiger partial charge in [-0.3, -0.25) is 9.36 Å². The molecule has 0 saturated heterocycles. The van der Waals surface area contributed by atoms with E-state index < -0.39 is 8.48 Å². The number of rotatable bonds is 3. The van der Waals surface area contributed by atoms with Crippen LogP contribution in [0.15, 0.2) is 97.3 Å². The molecule has 4 aromatic rings. The zero-order chi connectivity index (χ0) is 19.8. The number of aryl methyl sites for hydroxylation is 1. The Labute approximate surface area is 170 Å². The summed E-state index contributed by atoms with van der Waals surface area (Å²) in [6.45, 7) is 0. The van der Waals surface area contributed by atoms with Crippen molar-refractivity contribution < 1.29 is 9.22 Å². The fourth-order valence-corrected chi connectivity index (χ4v) is 7.76. The number of nitrogens with zero attached hydrogens (tertiary/aromatic N) is 3. The van der Waals surface area contributed by atoms with Gasteiger partial charge in [0, 0.05) is 29.8 Å². The zero-order valence-corrected chi connectivity index (χ0v) is 16.9. The summed E-state index contributed by atoms with van der Waals surface area (Å²) in [5.74, 6) is 0.935. The molecule has 0 N–H and O–H groups in total. The molecule has 0 aliphatic carbocycles. The quantitative estimate of drug-likeness (QED) is 0.500. The molecule has 6 heteroatoms. The number of carbonyl (C=O) groups is 1. The first-order valence-corrected chi connectivity index (χ1v) is 11.3. The van der Waals surface area contributed by atoms with Crippen molar-refractivity contribution in [3.63, 3.8) is 0 Å². The lowest BCUT2D eigenvalue weighted by Crippen LogP contribution is -2.73. The molecule has 142 valence electrons. The van der Waals surface area contributed by atoms with Gasteiger partial charge < -0.3 is 8.99 Å². The van der Waals surface area contributed by atoms with E-state index in [9.17, 15) is 4.79 Å². The number of carbonyl (C=O) groups excluding carboxylic acids is 1. The zero-order valence-electron chi connectivity index (χ0n) is 15.9. The molecule has 0 unspecified atom stereocenters. The number of amides is 1. The molecule has 0 radical (unpaired) electrons. The second kappa shape index (κ2) is 6.75. The fourth-order valence-electron chi connectivity index (χ4n) is 3.90. The summed E-state index contributed by atoms with van der Waals surface area (Å²) < 4.78 is 10.4. The van der Waals surface area contributed by atoms with Crippen LogP contribution >= 0.6 is 0 Å². The third-order valence-electron chi connectivity index (χ3n) is 5.22. The maximum Gasteiger partial charge on any atom is 0.436 e. The summed E-state index contributed by atoms with van der Waals surface area (Å²) in [5.41, 5.74) is 0.778. The van der Waals surface area contributed by atoms with Gasteiger partial charge in [0.1, 0.15) is 5.75 Å². The molecule has 1 aromatic heterocycles. The van der Waals surface area contributed by atoms with Gasteiger partial charge in [0.15, 0.2) is 5.82 Å². The minimum absolute atomic E-state index is 0.165. The van der Waals surface area contributed by atoms with Crippen LogP contribution in [0.2, 0.25) is 0 Å². The van der Waals surface area contributed by atoms with E-state index >= 15 is 0 Å². The molecule has 5 nitrogen and oxygen atoms in total. The summed E-state index contributed by atoms with van der Waals surface area (Å²) in [4.78, 5) is 18.2. The first-order chi connectivity index (χ1) is 14.2. The second-order valence-corrected chi connectivity index (χ2v) is 10.0. The highest BCUT2D eigenvalue weighted by molar-refractivity contribution is 7.03. The number of anilines is 1. The average Bonchev–Trinajstić information content (AvgIpc) is 3.36. The Morgan fingerprint density at radius 2 is 1.45 bits per heavy atom. The highest BCUT2D eigenvalue weighted by atomic mass is 28.4. The van der Waals surface area contributed by atoms with Crippen molar-refractivity contribution in [2.24, 2.45) is 7.05 Å². The molecule has 0 fully saturated rings.